The summed E-state index contributed by atoms with van der Waals surface area (Å²) in [4.78, 5) is 14.0. The Morgan fingerprint density at radius 1 is 0.973 bits per heavy atom. The number of halogens is 3. The molecule has 5 rings (SSSR count). The minimum absolute atomic E-state index is 0.248. The summed E-state index contributed by atoms with van der Waals surface area (Å²) in [6.45, 7) is 2.67. The zero-order chi connectivity index (χ0) is 25.9. The van der Waals surface area contributed by atoms with Gasteiger partial charge in [0, 0.05) is 29.7 Å². The number of likely N-dealkylation sites (tertiary alicyclic amines) is 1. The van der Waals surface area contributed by atoms with Gasteiger partial charge < -0.3 is 10.0 Å². The van der Waals surface area contributed by atoms with Crippen molar-refractivity contribution >= 4 is 40.3 Å². The summed E-state index contributed by atoms with van der Waals surface area (Å²) in [5, 5.41) is 10.8. The van der Waals surface area contributed by atoms with Gasteiger partial charge >= 0.3 is 5.97 Å². The third-order valence-electron chi connectivity index (χ3n) is 7.46. The number of hydrogen-bond acceptors (Lipinski definition) is 2. The molecule has 0 radical (unpaired) electrons. The average Bonchev–Trinajstić information content (AvgIpc) is 3.04. The molecule has 0 saturated carbocycles. The predicted molar refractivity (Wildman–Crippen MR) is 149 cm³/mol. The summed E-state index contributed by atoms with van der Waals surface area (Å²) in [5.41, 5.74) is 8.00. The molecule has 1 aliphatic heterocycles. The SMILES string of the molecule is O=C(O)c1ccc2c(c1)CCCC(c1ccc(Cl)cc1Cl)=C2c1ccc(CC2CN(CCCF)C2)cc1. The molecule has 192 valence electrons. The summed E-state index contributed by atoms with van der Waals surface area (Å²) in [7, 11) is 0. The summed E-state index contributed by atoms with van der Waals surface area (Å²) in [5.74, 6) is -0.302. The molecule has 3 aromatic carbocycles. The number of alkyl halides is 1. The van der Waals surface area contributed by atoms with Gasteiger partial charge in [0.2, 0.25) is 0 Å². The van der Waals surface area contributed by atoms with Crippen molar-refractivity contribution in [1.29, 1.82) is 0 Å². The fourth-order valence-corrected chi connectivity index (χ4v) is 6.19. The smallest absolute Gasteiger partial charge is 0.335 e. The Morgan fingerprint density at radius 2 is 1.73 bits per heavy atom. The number of aromatic carboxylic acids is 1. The third-order valence-corrected chi connectivity index (χ3v) is 8.01. The molecule has 2 aliphatic rings. The number of carbonyl (C=O) groups is 1. The van der Waals surface area contributed by atoms with Crippen molar-refractivity contribution in [3.63, 3.8) is 0 Å². The third kappa shape index (κ3) is 5.77. The highest BCUT2D eigenvalue weighted by molar-refractivity contribution is 6.36. The van der Waals surface area contributed by atoms with Gasteiger partial charge in [-0.25, -0.2) is 4.79 Å². The van der Waals surface area contributed by atoms with Crippen LogP contribution in [-0.2, 0) is 12.8 Å². The molecule has 3 nitrogen and oxygen atoms in total. The molecule has 0 atom stereocenters. The minimum atomic E-state index is -0.915. The number of allylic oxidation sites excluding steroid dienone is 1. The summed E-state index contributed by atoms with van der Waals surface area (Å²) in [6.07, 6.45) is 4.15. The molecule has 1 saturated heterocycles. The number of aryl methyl sites for hydroxylation is 1. The number of carboxylic acids is 1. The van der Waals surface area contributed by atoms with Gasteiger partial charge in [0.1, 0.15) is 0 Å². The van der Waals surface area contributed by atoms with E-state index >= 15 is 0 Å². The number of rotatable bonds is 8. The predicted octanol–water partition coefficient (Wildman–Crippen LogP) is 7.82. The Balaban J connectivity index is 1.51. The number of nitrogens with zero attached hydrogens (tertiary/aromatic N) is 1. The maximum atomic E-state index is 12.4. The van der Waals surface area contributed by atoms with Crippen LogP contribution in [0.5, 0.6) is 0 Å². The van der Waals surface area contributed by atoms with Crippen molar-refractivity contribution in [3.05, 3.63) is 104 Å². The Labute approximate surface area is 227 Å². The molecule has 1 N–H and O–H groups in total. The second-order valence-corrected chi connectivity index (χ2v) is 10.9. The highest BCUT2D eigenvalue weighted by Crippen LogP contribution is 2.42. The fourth-order valence-electron chi connectivity index (χ4n) is 5.67. The van der Waals surface area contributed by atoms with Gasteiger partial charge in [-0.05, 0) is 101 Å². The highest BCUT2D eigenvalue weighted by atomic mass is 35.5. The molecule has 0 aromatic heterocycles. The van der Waals surface area contributed by atoms with Crippen LogP contribution in [0.2, 0.25) is 10.0 Å². The van der Waals surface area contributed by atoms with Gasteiger partial charge in [-0.15, -0.1) is 0 Å². The van der Waals surface area contributed by atoms with E-state index in [1.165, 1.54) is 5.56 Å². The van der Waals surface area contributed by atoms with Crippen molar-refractivity contribution in [3.8, 4) is 0 Å². The molecule has 1 aliphatic carbocycles. The second kappa shape index (κ2) is 11.4. The van der Waals surface area contributed by atoms with Gasteiger partial charge in [0.05, 0.1) is 12.2 Å². The van der Waals surface area contributed by atoms with E-state index in [2.05, 4.69) is 29.2 Å². The van der Waals surface area contributed by atoms with E-state index in [0.29, 0.717) is 27.9 Å². The van der Waals surface area contributed by atoms with Gasteiger partial charge in [0.25, 0.3) is 0 Å². The van der Waals surface area contributed by atoms with E-state index in [9.17, 15) is 14.3 Å². The molecule has 3 aromatic rings. The van der Waals surface area contributed by atoms with E-state index in [0.717, 1.165) is 78.7 Å². The molecule has 1 fully saturated rings. The van der Waals surface area contributed by atoms with Crippen molar-refractivity contribution in [2.45, 2.75) is 32.1 Å². The highest BCUT2D eigenvalue weighted by Gasteiger charge is 2.26. The van der Waals surface area contributed by atoms with Crippen LogP contribution < -0.4 is 0 Å². The van der Waals surface area contributed by atoms with E-state index in [-0.39, 0.29) is 6.67 Å². The molecule has 37 heavy (non-hydrogen) atoms. The lowest BCUT2D eigenvalue weighted by Crippen LogP contribution is -2.47. The molecular formula is C31H30Cl2FNO2. The van der Waals surface area contributed by atoms with Crippen LogP contribution >= 0.6 is 23.2 Å². The average molecular weight is 538 g/mol. The molecule has 0 unspecified atom stereocenters. The van der Waals surface area contributed by atoms with Crippen LogP contribution in [0.1, 0.15) is 57.4 Å². The van der Waals surface area contributed by atoms with Gasteiger partial charge in [-0.1, -0.05) is 59.6 Å². The van der Waals surface area contributed by atoms with Crippen LogP contribution in [0, 0.1) is 5.92 Å². The van der Waals surface area contributed by atoms with Crippen molar-refractivity contribution in [1.82, 2.24) is 4.90 Å². The van der Waals surface area contributed by atoms with E-state index in [4.69, 9.17) is 23.2 Å². The Morgan fingerprint density at radius 3 is 2.43 bits per heavy atom. The van der Waals surface area contributed by atoms with E-state index in [1.54, 1.807) is 12.1 Å². The van der Waals surface area contributed by atoms with Crippen LogP contribution in [0.25, 0.3) is 11.1 Å². The Kier molecular flexibility index (Phi) is 7.99. The lowest BCUT2D eigenvalue weighted by atomic mass is 9.86. The summed E-state index contributed by atoms with van der Waals surface area (Å²) >= 11 is 12.9. The maximum absolute atomic E-state index is 12.4. The summed E-state index contributed by atoms with van der Waals surface area (Å²) in [6, 6.07) is 19.8. The van der Waals surface area contributed by atoms with Crippen LogP contribution in [-0.4, -0.2) is 42.3 Å². The van der Waals surface area contributed by atoms with Gasteiger partial charge in [-0.3, -0.25) is 4.39 Å². The molecule has 1 heterocycles. The van der Waals surface area contributed by atoms with Crippen LogP contribution in [0.3, 0.4) is 0 Å². The van der Waals surface area contributed by atoms with Crippen LogP contribution in [0.4, 0.5) is 4.39 Å². The minimum Gasteiger partial charge on any atom is -0.478 e. The van der Waals surface area contributed by atoms with Gasteiger partial charge in [0.15, 0.2) is 0 Å². The normalized spacial score (nSPS) is 16.3. The lowest BCUT2D eigenvalue weighted by Gasteiger charge is -2.39. The first kappa shape index (κ1) is 26.0. The van der Waals surface area contributed by atoms with Gasteiger partial charge in [-0.2, -0.15) is 0 Å². The molecular weight excluding hydrogens is 508 g/mol. The molecule has 0 bridgehead atoms. The fraction of sp³-hybridized carbons (Fsp3) is 0.323. The zero-order valence-corrected chi connectivity index (χ0v) is 22.2. The van der Waals surface area contributed by atoms with E-state index in [1.807, 2.05) is 24.3 Å². The lowest BCUT2D eigenvalue weighted by molar-refractivity contribution is 0.0696. The molecule has 0 spiro atoms. The first-order valence-corrected chi connectivity index (χ1v) is 13.6. The molecule has 0 amide bonds. The second-order valence-electron chi connectivity index (χ2n) is 10.1. The number of carboxylic acid groups (broad SMARTS) is 1. The monoisotopic (exact) mass is 537 g/mol. The Hall–Kier alpha value is -2.66. The number of fused-ring (bicyclic) bond motifs is 1. The van der Waals surface area contributed by atoms with Crippen molar-refractivity contribution < 1.29 is 14.3 Å². The first-order chi connectivity index (χ1) is 17.9. The number of hydrogen-bond donors (Lipinski definition) is 1. The first-order valence-electron chi connectivity index (χ1n) is 12.9. The molecule has 6 heteroatoms. The topological polar surface area (TPSA) is 40.5 Å². The van der Waals surface area contributed by atoms with E-state index < -0.39 is 5.97 Å². The summed E-state index contributed by atoms with van der Waals surface area (Å²) < 4.78 is 12.4. The van der Waals surface area contributed by atoms with Crippen LogP contribution in [0.15, 0.2) is 60.7 Å². The standard InChI is InChI=1S/C31H30Cl2FNO2/c32-25-10-12-27(29(33)17-25)28-4-1-3-23-16-24(31(36)37)9-11-26(23)30(28)22-7-5-20(6-8-22)15-21-18-35(19-21)14-2-13-34/h5-12,16-17,21H,1-4,13-15,18-19H2,(H,36,37). The van der Waals surface area contributed by atoms with Crippen molar-refractivity contribution in [2.75, 3.05) is 26.3 Å². The van der Waals surface area contributed by atoms with Crippen molar-refractivity contribution in [2.24, 2.45) is 5.92 Å². The zero-order valence-electron chi connectivity index (χ0n) is 20.7. The quantitative estimate of drug-likeness (QED) is 0.318. The number of benzene rings is 3. The maximum Gasteiger partial charge on any atom is 0.335 e. The Bertz CT molecular complexity index is 1330. The largest absolute Gasteiger partial charge is 0.478 e.